The fraction of sp³-hybridized carbons (Fsp3) is 1.00. The molecule has 1 saturated carbocycles. The van der Waals surface area contributed by atoms with Crippen LogP contribution in [0, 0.1) is 0 Å². The lowest BCUT2D eigenvalue weighted by Gasteiger charge is -2.23. The van der Waals surface area contributed by atoms with Crippen molar-refractivity contribution in [2.24, 2.45) is 0 Å². The highest BCUT2D eigenvalue weighted by Crippen LogP contribution is 2.17. The van der Waals surface area contributed by atoms with Crippen molar-refractivity contribution in [1.82, 2.24) is 10.6 Å². The van der Waals surface area contributed by atoms with E-state index in [0.29, 0.717) is 0 Å². The van der Waals surface area contributed by atoms with Crippen LogP contribution in [0.2, 0.25) is 0 Å². The fourth-order valence-electron chi connectivity index (χ4n) is 1.57. The van der Waals surface area contributed by atoms with Crippen LogP contribution in [-0.4, -0.2) is 51.6 Å². The van der Waals surface area contributed by atoms with Gasteiger partial charge in [-0.25, -0.2) is 0 Å². The largest absolute Gasteiger partial charge is 0.376 e. The van der Waals surface area contributed by atoms with E-state index in [1.807, 2.05) is 0 Å². The lowest BCUT2D eigenvalue weighted by atomic mass is 10.3. The maximum Gasteiger partial charge on any atom is 0.0933 e. The standard InChI is InChI=1S/C10H20N2O2/c1-2-9(1)12-4-3-11-7-10-8-13-5-6-14-10/h9-12H,1-8H2. The van der Waals surface area contributed by atoms with Gasteiger partial charge in [0.1, 0.15) is 0 Å². The third-order valence-electron chi connectivity index (χ3n) is 2.57. The van der Waals surface area contributed by atoms with Crippen LogP contribution in [0.4, 0.5) is 0 Å². The summed E-state index contributed by atoms with van der Waals surface area (Å²) in [7, 11) is 0. The monoisotopic (exact) mass is 200 g/mol. The van der Waals surface area contributed by atoms with Crippen LogP contribution in [0.15, 0.2) is 0 Å². The van der Waals surface area contributed by atoms with Gasteiger partial charge in [-0.05, 0) is 12.8 Å². The Morgan fingerprint density at radius 2 is 2.07 bits per heavy atom. The maximum absolute atomic E-state index is 5.51. The van der Waals surface area contributed by atoms with E-state index in [-0.39, 0.29) is 6.10 Å². The van der Waals surface area contributed by atoms with Crippen molar-refractivity contribution in [3.05, 3.63) is 0 Å². The van der Waals surface area contributed by atoms with Crippen molar-refractivity contribution in [3.8, 4) is 0 Å². The van der Waals surface area contributed by atoms with Gasteiger partial charge in [0.15, 0.2) is 0 Å². The van der Waals surface area contributed by atoms with Crippen LogP contribution in [0.5, 0.6) is 0 Å². The molecule has 0 aromatic carbocycles. The first-order valence-electron chi connectivity index (χ1n) is 5.58. The molecule has 4 nitrogen and oxygen atoms in total. The Hall–Kier alpha value is -0.160. The summed E-state index contributed by atoms with van der Waals surface area (Å²) in [5.74, 6) is 0. The Kier molecular flexibility index (Phi) is 4.19. The van der Waals surface area contributed by atoms with Gasteiger partial charge in [0, 0.05) is 25.7 Å². The molecule has 1 aliphatic carbocycles. The van der Waals surface area contributed by atoms with E-state index in [4.69, 9.17) is 9.47 Å². The molecule has 2 aliphatic rings. The van der Waals surface area contributed by atoms with Crippen LogP contribution in [-0.2, 0) is 9.47 Å². The molecule has 2 fully saturated rings. The molecule has 14 heavy (non-hydrogen) atoms. The Morgan fingerprint density at radius 3 is 2.79 bits per heavy atom. The predicted octanol–water partition coefficient (Wildman–Crippen LogP) is -0.257. The number of hydrogen-bond donors (Lipinski definition) is 2. The molecule has 1 unspecified atom stereocenters. The van der Waals surface area contributed by atoms with Crippen molar-refractivity contribution >= 4 is 0 Å². The second-order valence-electron chi connectivity index (χ2n) is 4.00. The molecule has 82 valence electrons. The van der Waals surface area contributed by atoms with Crippen LogP contribution in [0.3, 0.4) is 0 Å². The molecule has 0 aromatic rings. The summed E-state index contributed by atoms with van der Waals surface area (Å²) in [6.07, 6.45) is 2.98. The minimum absolute atomic E-state index is 0.254. The Morgan fingerprint density at radius 1 is 1.14 bits per heavy atom. The average molecular weight is 200 g/mol. The number of ether oxygens (including phenoxy) is 2. The summed E-state index contributed by atoms with van der Waals surface area (Å²) in [5, 5.41) is 6.83. The van der Waals surface area contributed by atoms with Gasteiger partial charge in [-0.1, -0.05) is 0 Å². The summed E-state index contributed by atoms with van der Waals surface area (Å²) in [4.78, 5) is 0. The first-order valence-corrected chi connectivity index (χ1v) is 5.58. The molecule has 2 N–H and O–H groups in total. The molecule has 0 aromatic heterocycles. The van der Waals surface area contributed by atoms with Crippen LogP contribution in [0.25, 0.3) is 0 Å². The summed E-state index contributed by atoms with van der Waals surface area (Å²) in [5.41, 5.74) is 0. The highest BCUT2D eigenvalue weighted by Gasteiger charge is 2.19. The predicted molar refractivity (Wildman–Crippen MR) is 54.5 cm³/mol. The van der Waals surface area contributed by atoms with E-state index >= 15 is 0 Å². The van der Waals surface area contributed by atoms with Crippen LogP contribution >= 0.6 is 0 Å². The minimum Gasteiger partial charge on any atom is -0.376 e. The van der Waals surface area contributed by atoms with Crippen molar-refractivity contribution < 1.29 is 9.47 Å². The van der Waals surface area contributed by atoms with Crippen molar-refractivity contribution in [2.45, 2.75) is 25.0 Å². The molecular weight excluding hydrogens is 180 g/mol. The van der Waals surface area contributed by atoms with Gasteiger partial charge in [-0.15, -0.1) is 0 Å². The zero-order valence-corrected chi connectivity index (χ0v) is 8.63. The molecule has 0 radical (unpaired) electrons. The molecule has 1 heterocycles. The highest BCUT2D eigenvalue weighted by molar-refractivity contribution is 4.80. The zero-order chi connectivity index (χ0) is 9.64. The highest BCUT2D eigenvalue weighted by atomic mass is 16.6. The number of nitrogens with one attached hydrogen (secondary N) is 2. The van der Waals surface area contributed by atoms with E-state index in [0.717, 1.165) is 45.5 Å². The zero-order valence-electron chi connectivity index (χ0n) is 8.63. The van der Waals surface area contributed by atoms with E-state index in [1.165, 1.54) is 12.8 Å². The first kappa shape index (κ1) is 10.4. The lowest BCUT2D eigenvalue weighted by molar-refractivity contribution is -0.0862. The van der Waals surface area contributed by atoms with Crippen LogP contribution in [0.1, 0.15) is 12.8 Å². The second kappa shape index (κ2) is 5.66. The van der Waals surface area contributed by atoms with Gasteiger partial charge in [0.05, 0.1) is 25.9 Å². The normalized spacial score (nSPS) is 27.9. The van der Waals surface area contributed by atoms with E-state index in [9.17, 15) is 0 Å². The molecule has 4 heteroatoms. The van der Waals surface area contributed by atoms with Gasteiger partial charge < -0.3 is 20.1 Å². The average Bonchev–Trinajstić information content (AvgIpc) is 3.03. The van der Waals surface area contributed by atoms with Crippen molar-refractivity contribution in [1.29, 1.82) is 0 Å². The van der Waals surface area contributed by atoms with Crippen molar-refractivity contribution in [3.63, 3.8) is 0 Å². The SMILES string of the molecule is C(CNC1CC1)NCC1COCCO1. The third-order valence-corrected chi connectivity index (χ3v) is 2.57. The van der Waals surface area contributed by atoms with E-state index in [1.54, 1.807) is 0 Å². The molecular formula is C10H20N2O2. The molecule has 0 spiro atoms. The molecule has 1 aliphatic heterocycles. The first-order chi connectivity index (χ1) is 6.95. The lowest BCUT2D eigenvalue weighted by Crippen LogP contribution is -2.39. The Bertz CT molecular complexity index is 156. The summed E-state index contributed by atoms with van der Waals surface area (Å²) < 4.78 is 10.8. The number of hydrogen-bond acceptors (Lipinski definition) is 4. The second-order valence-corrected chi connectivity index (χ2v) is 4.00. The van der Waals surface area contributed by atoms with E-state index in [2.05, 4.69) is 10.6 Å². The molecule has 2 rings (SSSR count). The summed E-state index contributed by atoms with van der Waals surface area (Å²) in [6.45, 7) is 5.23. The molecule has 1 saturated heterocycles. The topological polar surface area (TPSA) is 42.5 Å². The van der Waals surface area contributed by atoms with Gasteiger partial charge in [0.25, 0.3) is 0 Å². The molecule has 0 bridgehead atoms. The van der Waals surface area contributed by atoms with Gasteiger partial charge >= 0.3 is 0 Å². The fourth-order valence-corrected chi connectivity index (χ4v) is 1.57. The van der Waals surface area contributed by atoms with Gasteiger partial charge in [0.2, 0.25) is 0 Å². The quantitative estimate of drug-likeness (QED) is 0.580. The molecule has 0 amide bonds. The Balaban J connectivity index is 1.41. The minimum atomic E-state index is 0.254. The molecule has 1 atom stereocenters. The summed E-state index contributed by atoms with van der Waals surface area (Å²) >= 11 is 0. The van der Waals surface area contributed by atoms with Gasteiger partial charge in [-0.3, -0.25) is 0 Å². The van der Waals surface area contributed by atoms with Crippen LogP contribution < -0.4 is 10.6 Å². The summed E-state index contributed by atoms with van der Waals surface area (Å²) in [6, 6.07) is 0.811. The van der Waals surface area contributed by atoms with Gasteiger partial charge in [-0.2, -0.15) is 0 Å². The van der Waals surface area contributed by atoms with Crippen molar-refractivity contribution in [2.75, 3.05) is 39.5 Å². The number of rotatable bonds is 6. The maximum atomic E-state index is 5.51. The van der Waals surface area contributed by atoms with E-state index < -0.39 is 0 Å². The smallest absolute Gasteiger partial charge is 0.0933 e. The third kappa shape index (κ3) is 3.92. The Labute approximate surface area is 85.3 Å².